The molecular weight excluding hydrogens is 417 g/mol. The van der Waals surface area contributed by atoms with Gasteiger partial charge in [-0.15, -0.1) is 0 Å². The summed E-state index contributed by atoms with van der Waals surface area (Å²) in [6.07, 6.45) is 6.99. The molecule has 0 bridgehead atoms. The average molecular weight is 466 g/mol. The predicted octanol–water partition coefficient (Wildman–Crippen LogP) is 9.34. The molecule has 0 fully saturated rings. The van der Waals surface area contributed by atoms with Crippen molar-refractivity contribution in [3.8, 4) is 0 Å². The standard InChI is InChI=1S/C23H36FNS.C3H6O.C2H6/c1-6-8-17-25(16-7-2)21(5)26-18-19(3)10-9-11-20(4)22-12-14-23(24)15-13-22;1-3(2)4;1-2/h12-15,18,20H,5-11,16-17H2,1-4H3;1-2H3;1-2H3/b19-18+;;. The first kappa shape index (κ1) is 32.6. The largest absolute Gasteiger partial charge is 0.367 e. The first-order chi connectivity index (χ1) is 15.2. The molecule has 32 heavy (non-hydrogen) atoms. The Morgan fingerprint density at radius 3 is 2.12 bits per heavy atom. The van der Waals surface area contributed by atoms with Gasteiger partial charge in [0.1, 0.15) is 11.6 Å². The molecule has 0 saturated carbocycles. The fourth-order valence-corrected chi connectivity index (χ4v) is 3.71. The lowest BCUT2D eigenvalue weighted by atomic mass is 9.95. The van der Waals surface area contributed by atoms with Gasteiger partial charge in [-0.1, -0.05) is 77.1 Å². The van der Waals surface area contributed by atoms with Gasteiger partial charge in [0, 0.05) is 13.1 Å². The number of thioether (sulfide) groups is 1. The van der Waals surface area contributed by atoms with E-state index in [1.807, 2.05) is 26.0 Å². The van der Waals surface area contributed by atoms with Gasteiger partial charge in [-0.25, -0.2) is 4.39 Å². The summed E-state index contributed by atoms with van der Waals surface area (Å²) in [5.41, 5.74) is 2.64. The molecule has 0 saturated heterocycles. The van der Waals surface area contributed by atoms with Crippen LogP contribution in [0.15, 0.2) is 46.9 Å². The van der Waals surface area contributed by atoms with Crippen molar-refractivity contribution in [2.45, 2.75) is 99.8 Å². The highest BCUT2D eigenvalue weighted by Gasteiger charge is 2.07. The number of hydrogen-bond acceptors (Lipinski definition) is 3. The number of carbonyl (C=O) groups is 1. The molecule has 0 heterocycles. The lowest BCUT2D eigenvalue weighted by Crippen LogP contribution is -2.22. The summed E-state index contributed by atoms with van der Waals surface area (Å²) in [5.74, 6) is 0.480. The maximum Gasteiger partial charge on any atom is 0.126 e. The number of halogens is 1. The molecule has 1 rings (SSSR count). The molecule has 1 atom stereocenters. The average Bonchev–Trinajstić information content (AvgIpc) is 2.76. The maximum absolute atomic E-state index is 13.0. The van der Waals surface area contributed by atoms with E-state index in [4.69, 9.17) is 0 Å². The Morgan fingerprint density at radius 1 is 1.06 bits per heavy atom. The molecule has 0 N–H and O–H groups in total. The molecule has 0 amide bonds. The van der Waals surface area contributed by atoms with E-state index in [1.54, 1.807) is 23.9 Å². The zero-order valence-corrected chi connectivity index (χ0v) is 22.8. The van der Waals surface area contributed by atoms with Crippen molar-refractivity contribution in [1.82, 2.24) is 4.90 Å². The van der Waals surface area contributed by atoms with Gasteiger partial charge in [0.25, 0.3) is 0 Å². The Labute approximate surface area is 202 Å². The predicted molar refractivity (Wildman–Crippen MR) is 144 cm³/mol. The first-order valence-corrected chi connectivity index (χ1v) is 13.1. The molecule has 1 aromatic carbocycles. The number of unbranched alkanes of at least 4 members (excludes halogenated alkanes) is 1. The maximum atomic E-state index is 13.0. The Balaban J connectivity index is 0. The van der Waals surface area contributed by atoms with Gasteiger partial charge in [-0.2, -0.15) is 0 Å². The second-order valence-electron chi connectivity index (χ2n) is 8.07. The number of hydrogen-bond donors (Lipinski definition) is 0. The van der Waals surface area contributed by atoms with Crippen LogP contribution in [-0.4, -0.2) is 23.8 Å². The number of benzene rings is 1. The van der Waals surface area contributed by atoms with E-state index in [0.717, 1.165) is 38.8 Å². The molecule has 0 aliphatic heterocycles. The normalized spacial score (nSPS) is 11.5. The molecule has 184 valence electrons. The number of carbonyl (C=O) groups excluding carboxylic acids is 1. The monoisotopic (exact) mass is 465 g/mol. The summed E-state index contributed by atoms with van der Waals surface area (Å²) in [5, 5.41) is 3.43. The van der Waals surface area contributed by atoms with Crippen molar-refractivity contribution >= 4 is 17.5 Å². The number of nitrogens with zero attached hydrogens (tertiary/aromatic N) is 1. The summed E-state index contributed by atoms with van der Waals surface area (Å²) in [4.78, 5) is 11.9. The van der Waals surface area contributed by atoms with Gasteiger partial charge < -0.3 is 9.69 Å². The van der Waals surface area contributed by atoms with Crippen LogP contribution in [0.25, 0.3) is 0 Å². The van der Waals surface area contributed by atoms with E-state index < -0.39 is 0 Å². The smallest absolute Gasteiger partial charge is 0.126 e. The summed E-state index contributed by atoms with van der Waals surface area (Å²) >= 11 is 1.77. The van der Waals surface area contributed by atoms with Gasteiger partial charge in [-0.3, -0.25) is 0 Å². The molecule has 0 aliphatic rings. The van der Waals surface area contributed by atoms with Crippen LogP contribution in [0, 0.1) is 5.82 Å². The Kier molecular flexibility index (Phi) is 21.7. The van der Waals surface area contributed by atoms with E-state index >= 15 is 0 Å². The van der Waals surface area contributed by atoms with Crippen LogP contribution in [-0.2, 0) is 4.79 Å². The van der Waals surface area contributed by atoms with Crippen LogP contribution in [0.4, 0.5) is 4.39 Å². The minimum atomic E-state index is -0.159. The van der Waals surface area contributed by atoms with Crippen molar-refractivity contribution in [3.05, 3.63) is 58.2 Å². The van der Waals surface area contributed by atoms with Crippen molar-refractivity contribution < 1.29 is 9.18 Å². The highest BCUT2D eigenvalue weighted by Crippen LogP contribution is 2.26. The highest BCUT2D eigenvalue weighted by molar-refractivity contribution is 8.05. The number of Topliss-reactive ketones (excluding diaryl/α,β-unsaturated/α-hetero) is 1. The Hall–Kier alpha value is -1.55. The van der Waals surface area contributed by atoms with Gasteiger partial charge in [0.05, 0.1) is 5.03 Å². The van der Waals surface area contributed by atoms with Crippen LogP contribution in [0.3, 0.4) is 0 Å². The SMILES string of the molecule is C=C(S/C=C(\C)CCCC(C)c1ccc(F)cc1)N(CCC)CCCC.CC.CC(C)=O. The molecule has 0 aliphatic carbocycles. The molecule has 2 nitrogen and oxygen atoms in total. The topological polar surface area (TPSA) is 20.3 Å². The fraction of sp³-hybridized carbons (Fsp3) is 0.607. The van der Waals surface area contributed by atoms with E-state index in [-0.39, 0.29) is 11.6 Å². The van der Waals surface area contributed by atoms with E-state index in [9.17, 15) is 9.18 Å². The third-order valence-corrected chi connectivity index (χ3v) is 5.72. The third kappa shape index (κ3) is 18.1. The summed E-state index contributed by atoms with van der Waals surface area (Å²) in [7, 11) is 0. The summed E-state index contributed by atoms with van der Waals surface area (Å²) < 4.78 is 13.0. The van der Waals surface area contributed by atoms with E-state index in [0.29, 0.717) is 5.92 Å². The summed E-state index contributed by atoms with van der Waals surface area (Å²) in [6.45, 7) is 22.4. The van der Waals surface area contributed by atoms with Gasteiger partial charge in [0.15, 0.2) is 0 Å². The Bertz CT molecular complexity index is 635. The van der Waals surface area contributed by atoms with Crippen LogP contribution >= 0.6 is 11.8 Å². The highest BCUT2D eigenvalue weighted by atomic mass is 32.2. The Morgan fingerprint density at radius 2 is 1.62 bits per heavy atom. The minimum absolute atomic E-state index is 0.159. The van der Waals surface area contributed by atoms with Gasteiger partial charge in [-0.05, 0) is 81.9 Å². The lowest BCUT2D eigenvalue weighted by Gasteiger charge is -2.25. The van der Waals surface area contributed by atoms with Crippen molar-refractivity contribution in [3.63, 3.8) is 0 Å². The van der Waals surface area contributed by atoms with Crippen LogP contribution in [0.5, 0.6) is 0 Å². The molecule has 1 unspecified atom stereocenters. The quantitative estimate of drug-likeness (QED) is 0.289. The molecule has 0 aromatic heterocycles. The third-order valence-electron chi connectivity index (χ3n) is 4.67. The van der Waals surface area contributed by atoms with Gasteiger partial charge in [0.2, 0.25) is 0 Å². The van der Waals surface area contributed by atoms with E-state index in [1.165, 1.54) is 42.9 Å². The number of ketones is 1. The molecule has 0 radical (unpaired) electrons. The molecular formula is C28H48FNOS. The van der Waals surface area contributed by atoms with Gasteiger partial charge >= 0.3 is 0 Å². The fourth-order valence-electron chi connectivity index (χ4n) is 2.93. The lowest BCUT2D eigenvalue weighted by molar-refractivity contribution is -0.114. The first-order valence-electron chi connectivity index (χ1n) is 12.2. The van der Waals surface area contributed by atoms with Crippen LogP contribution < -0.4 is 0 Å². The van der Waals surface area contributed by atoms with Crippen molar-refractivity contribution in [2.75, 3.05) is 13.1 Å². The number of rotatable bonds is 13. The van der Waals surface area contributed by atoms with Crippen molar-refractivity contribution in [1.29, 1.82) is 0 Å². The summed E-state index contributed by atoms with van der Waals surface area (Å²) in [6, 6.07) is 6.92. The van der Waals surface area contributed by atoms with Crippen LogP contribution in [0.2, 0.25) is 0 Å². The van der Waals surface area contributed by atoms with Crippen LogP contribution in [0.1, 0.15) is 105 Å². The second-order valence-corrected chi connectivity index (χ2v) is 9.01. The second kappa shape index (κ2) is 21.3. The molecule has 1 aromatic rings. The van der Waals surface area contributed by atoms with E-state index in [2.05, 4.69) is 44.6 Å². The molecule has 4 heteroatoms. The number of allylic oxidation sites excluding steroid dienone is 1. The minimum Gasteiger partial charge on any atom is -0.367 e. The zero-order valence-electron chi connectivity index (χ0n) is 22.0. The van der Waals surface area contributed by atoms with Crippen molar-refractivity contribution in [2.24, 2.45) is 0 Å². The zero-order chi connectivity index (χ0) is 24.9. The molecule has 0 spiro atoms.